The summed E-state index contributed by atoms with van der Waals surface area (Å²) < 4.78 is 10.7. The molecule has 1 heterocycles. The van der Waals surface area contributed by atoms with Crippen LogP contribution in [0.25, 0.3) is 0 Å². The Kier molecular flexibility index (Phi) is 7.22. The standard InChI is InChI=1S/C19H30N2O3/c1-4-7-8-15(5-2)12-20-19(22)21(6-3)13-16-9-10-17-18(11-16)24-14-23-17/h9-11,15H,4-8,12-14H2,1-3H3,(H,20,22). The summed E-state index contributed by atoms with van der Waals surface area (Å²) in [6.45, 7) is 8.67. The van der Waals surface area contributed by atoms with Crippen LogP contribution in [0.15, 0.2) is 18.2 Å². The fourth-order valence-corrected chi connectivity index (χ4v) is 2.87. The van der Waals surface area contributed by atoms with Crippen LogP contribution >= 0.6 is 0 Å². The van der Waals surface area contributed by atoms with E-state index in [4.69, 9.17) is 9.47 Å². The van der Waals surface area contributed by atoms with Crippen molar-refractivity contribution >= 4 is 6.03 Å². The fraction of sp³-hybridized carbons (Fsp3) is 0.632. The number of urea groups is 1. The lowest BCUT2D eigenvalue weighted by Gasteiger charge is -2.23. The Bertz CT molecular complexity index is 533. The van der Waals surface area contributed by atoms with Crippen molar-refractivity contribution in [1.82, 2.24) is 10.2 Å². The van der Waals surface area contributed by atoms with Crippen LogP contribution in [0.1, 0.15) is 52.0 Å². The zero-order valence-electron chi connectivity index (χ0n) is 15.1. The normalized spacial score (nSPS) is 13.6. The van der Waals surface area contributed by atoms with Gasteiger partial charge in [-0.15, -0.1) is 0 Å². The molecule has 1 aromatic rings. The number of rotatable bonds is 9. The highest BCUT2D eigenvalue weighted by atomic mass is 16.7. The molecule has 1 atom stereocenters. The molecule has 0 aromatic heterocycles. The van der Waals surface area contributed by atoms with Gasteiger partial charge in [-0.2, -0.15) is 0 Å². The molecule has 0 saturated carbocycles. The molecular weight excluding hydrogens is 304 g/mol. The minimum Gasteiger partial charge on any atom is -0.454 e. The molecule has 1 unspecified atom stereocenters. The van der Waals surface area contributed by atoms with Gasteiger partial charge in [0.25, 0.3) is 0 Å². The summed E-state index contributed by atoms with van der Waals surface area (Å²) in [5.74, 6) is 2.10. The SMILES string of the molecule is CCCCC(CC)CNC(=O)N(CC)Cc1ccc2c(c1)OCO2. The maximum absolute atomic E-state index is 12.5. The molecule has 2 amide bonds. The minimum absolute atomic E-state index is 0.00474. The van der Waals surface area contributed by atoms with E-state index in [9.17, 15) is 4.79 Å². The van der Waals surface area contributed by atoms with Crippen molar-refractivity contribution in [3.63, 3.8) is 0 Å². The lowest BCUT2D eigenvalue weighted by Crippen LogP contribution is -2.41. The molecule has 5 nitrogen and oxygen atoms in total. The number of amides is 2. The molecule has 0 aliphatic carbocycles. The second kappa shape index (κ2) is 9.40. The first-order chi connectivity index (χ1) is 11.7. The maximum atomic E-state index is 12.5. The number of carbonyl (C=O) groups excluding carboxylic acids is 1. The van der Waals surface area contributed by atoms with Gasteiger partial charge < -0.3 is 19.7 Å². The Morgan fingerprint density at radius 2 is 2.04 bits per heavy atom. The van der Waals surface area contributed by atoms with Crippen LogP contribution < -0.4 is 14.8 Å². The van der Waals surface area contributed by atoms with Crippen LogP contribution in [0, 0.1) is 5.92 Å². The molecule has 134 valence electrons. The number of carbonyl (C=O) groups is 1. The van der Waals surface area contributed by atoms with Gasteiger partial charge in [0.05, 0.1) is 0 Å². The van der Waals surface area contributed by atoms with E-state index in [1.54, 1.807) is 0 Å². The molecule has 0 saturated heterocycles. The van der Waals surface area contributed by atoms with Crippen LogP contribution in [0.5, 0.6) is 11.5 Å². The second-order valence-electron chi connectivity index (χ2n) is 6.30. The number of nitrogens with zero attached hydrogens (tertiary/aromatic N) is 1. The maximum Gasteiger partial charge on any atom is 0.317 e. The highest BCUT2D eigenvalue weighted by molar-refractivity contribution is 5.74. The van der Waals surface area contributed by atoms with Crippen molar-refractivity contribution in [3.05, 3.63) is 23.8 Å². The molecule has 0 spiro atoms. The number of hydrogen-bond donors (Lipinski definition) is 1. The summed E-state index contributed by atoms with van der Waals surface area (Å²) >= 11 is 0. The quantitative estimate of drug-likeness (QED) is 0.737. The van der Waals surface area contributed by atoms with Gasteiger partial charge in [-0.1, -0.05) is 39.2 Å². The smallest absolute Gasteiger partial charge is 0.317 e. The van der Waals surface area contributed by atoms with Gasteiger partial charge in [-0.05, 0) is 37.0 Å². The van der Waals surface area contributed by atoms with Crippen LogP contribution in [-0.4, -0.2) is 30.8 Å². The zero-order valence-corrected chi connectivity index (χ0v) is 15.1. The number of nitrogens with one attached hydrogen (secondary N) is 1. The molecule has 0 radical (unpaired) electrons. The topological polar surface area (TPSA) is 50.8 Å². The number of unbranched alkanes of at least 4 members (excludes halogenated alkanes) is 1. The molecule has 1 aliphatic heterocycles. The van der Waals surface area contributed by atoms with Crippen molar-refractivity contribution in [2.45, 2.75) is 53.0 Å². The van der Waals surface area contributed by atoms with Gasteiger partial charge in [0, 0.05) is 19.6 Å². The molecule has 24 heavy (non-hydrogen) atoms. The average molecular weight is 334 g/mol. The van der Waals surface area contributed by atoms with Gasteiger partial charge >= 0.3 is 6.03 Å². The van der Waals surface area contributed by atoms with E-state index < -0.39 is 0 Å². The Balaban J connectivity index is 1.87. The lowest BCUT2D eigenvalue weighted by molar-refractivity contribution is 0.173. The van der Waals surface area contributed by atoms with E-state index in [-0.39, 0.29) is 12.8 Å². The second-order valence-corrected chi connectivity index (χ2v) is 6.30. The Hall–Kier alpha value is -1.91. The Morgan fingerprint density at radius 1 is 1.25 bits per heavy atom. The van der Waals surface area contributed by atoms with E-state index in [0.717, 1.165) is 30.0 Å². The third-order valence-corrected chi connectivity index (χ3v) is 4.56. The zero-order chi connectivity index (χ0) is 17.4. The summed E-state index contributed by atoms with van der Waals surface area (Å²) in [5.41, 5.74) is 1.05. The van der Waals surface area contributed by atoms with E-state index in [0.29, 0.717) is 19.0 Å². The third kappa shape index (κ3) is 5.05. The first kappa shape index (κ1) is 18.4. The molecule has 2 rings (SSSR count). The Labute approximate surface area is 145 Å². The molecular formula is C19H30N2O3. The molecule has 1 N–H and O–H groups in total. The van der Waals surface area contributed by atoms with E-state index in [1.165, 1.54) is 19.3 Å². The van der Waals surface area contributed by atoms with Gasteiger partial charge in [-0.25, -0.2) is 4.79 Å². The number of fused-ring (bicyclic) bond motifs is 1. The van der Waals surface area contributed by atoms with Gasteiger partial charge in [0.15, 0.2) is 11.5 Å². The summed E-state index contributed by atoms with van der Waals surface area (Å²) in [4.78, 5) is 14.3. The fourth-order valence-electron chi connectivity index (χ4n) is 2.87. The highest BCUT2D eigenvalue weighted by Gasteiger charge is 2.17. The van der Waals surface area contributed by atoms with Crippen molar-refractivity contribution in [2.75, 3.05) is 19.9 Å². The first-order valence-electron chi connectivity index (χ1n) is 9.09. The van der Waals surface area contributed by atoms with Crippen LogP contribution in [0.4, 0.5) is 4.79 Å². The molecule has 1 aromatic carbocycles. The van der Waals surface area contributed by atoms with Crippen molar-refractivity contribution in [3.8, 4) is 11.5 Å². The lowest BCUT2D eigenvalue weighted by atomic mass is 9.99. The number of ether oxygens (including phenoxy) is 2. The predicted octanol–water partition coefficient (Wildman–Crippen LogP) is 4.16. The summed E-state index contributed by atoms with van der Waals surface area (Å²) in [5, 5.41) is 3.10. The van der Waals surface area contributed by atoms with Crippen molar-refractivity contribution in [2.24, 2.45) is 5.92 Å². The van der Waals surface area contributed by atoms with Crippen LogP contribution in [0.3, 0.4) is 0 Å². The summed E-state index contributed by atoms with van der Waals surface area (Å²) in [6, 6.07) is 5.85. The molecule has 0 bridgehead atoms. The number of hydrogen-bond acceptors (Lipinski definition) is 3. The highest BCUT2D eigenvalue weighted by Crippen LogP contribution is 2.32. The van der Waals surface area contributed by atoms with Crippen molar-refractivity contribution in [1.29, 1.82) is 0 Å². The van der Waals surface area contributed by atoms with E-state index in [1.807, 2.05) is 30.0 Å². The summed E-state index contributed by atoms with van der Waals surface area (Å²) in [6.07, 6.45) is 4.72. The van der Waals surface area contributed by atoms with Gasteiger partial charge in [0.2, 0.25) is 6.79 Å². The number of benzene rings is 1. The molecule has 1 aliphatic rings. The third-order valence-electron chi connectivity index (χ3n) is 4.56. The molecule has 0 fully saturated rings. The first-order valence-corrected chi connectivity index (χ1v) is 9.09. The average Bonchev–Trinajstić information content (AvgIpc) is 3.07. The predicted molar refractivity (Wildman–Crippen MR) is 95.4 cm³/mol. The van der Waals surface area contributed by atoms with Crippen LogP contribution in [-0.2, 0) is 6.54 Å². The van der Waals surface area contributed by atoms with Crippen LogP contribution in [0.2, 0.25) is 0 Å². The van der Waals surface area contributed by atoms with E-state index in [2.05, 4.69) is 19.2 Å². The summed E-state index contributed by atoms with van der Waals surface area (Å²) in [7, 11) is 0. The van der Waals surface area contributed by atoms with Gasteiger partial charge in [0.1, 0.15) is 0 Å². The largest absolute Gasteiger partial charge is 0.454 e. The minimum atomic E-state index is 0.00474. The van der Waals surface area contributed by atoms with Crippen molar-refractivity contribution < 1.29 is 14.3 Å². The molecule has 5 heteroatoms. The Morgan fingerprint density at radius 3 is 2.75 bits per heavy atom. The van der Waals surface area contributed by atoms with Gasteiger partial charge in [-0.3, -0.25) is 0 Å². The monoisotopic (exact) mass is 334 g/mol. The van der Waals surface area contributed by atoms with E-state index >= 15 is 0 Å².